The summed E-state index contributed by atoms with van der Waals surface area (Å²) in [6.45, 7) is 2.08. The Balaban J connectivity index is 2.09. The van der Waals surface area contributed by atoms with E-state index in [1.54, 1.807) is 18.2 Å². The van der Waals surface area contributed by atoms with Crippen LogP contribution in [0, 0.1) is 0 Å². The van der Waals surface area contributed by atoms with Crippen molar-refractivity contribution < 1.29 is 9.52 Å². The fraction of sp³-hybridized carbons (Fsp3) is 0.250. The monoisotopic (exact) mass is 308 g/mol. The molecule has 1 N–H and O–H groups in total. The quantitative estimate of drug-likeness (QED) is 0.699. The molecule has 3 rings (SSSR count). The summed E-state index contributed by atoms with van der Waals surface area (Å²) in [4.78, 5) is 12.4. The highest BCUT2D eigenvalue weighted by molar-refractivity contribution is 5.84. The molecule has 0 aliphatic heterocycles. The fourth-order valence-electron chi connectivity index (χ4n) is 3.10. The Morgan fingerprint density at radius 2 is 1.74 bits per heavy atom. The Bertz CT molecular complexity index is 850. The van der Waals surface area contributed by atoms with Gasteiger partial charge in [0.2, 0.25) is 0 Å². The molecule has 0 saturated heterocycles. The molecule has 0 bridgehead atoms. The van der Waals surface area contributed by atoms with Gasteiger partial charge in [-0.1, -0.05) is 55.8 Å². The smallest absolute Gasteiger partial charge is 0.343 e. The molecule has 1 aromatic heterocycles. The fourth-order valence-corrected chi connectivity index (χ4v) is 3.10. The molecule has 0 amide bonds. The lowest BCUT2D eigenvalue weighted by Crippen LogP contribution is -2.15. The second-order valence-corrected chi connectivity index (χ2v) is 5.82. The van der Waals surface area contributed by atoms with Gasteiger partial charge in [-0.25, -0.2) is 4.79 Å². The molecule has 1 atom stereocenters. The molecule has 23 heavy (non-hydrogen) atoms. The molecule has 3 aromatic rings. The summed E-state index contributed by atoms with van der Waals surface area (Å²) in [5.74, 6) is 0.00878. The SMILES string of the molecule is CCCC(Cc1ccccc1)c1c(O)c2ccccc2oc1=O. The maximum absolute atomic E-state index is 12.4. The Morgan fingerprint density at radius 3 is 2.48 bits per heavy atom. The topological polar surface area (TPSA) is 50.4 Å². The van der Waals surface area contributed by atoms with Gasteiger partial charge in [-0.3, -0.25) is 0 Å². The van der Waals surface area contributed by atoms with E-state index in [1.807, 2.05) is 36.4 Å². The highest BCUT2D eigenvalue weighted by Gasteiger charge is 2.22. The standard InChI is InChI=1S/C20H20O3/c1-2-8-15(13-14-9-4-3-5-10-14)18-19(21)16-11-6-7-12-17(16)23-20(18)22/h3-7,9-12,15,21H,2,8,13H2,1H3. The van der Waals surface area contributed by atoms with Gasteiger partial charge in [0.1, 0.15) is 11.3 Å². The van der Waals surface area contributed by atoms with Crippen LogP contribution in [0.25, 0.3) is 11.0 Å². The lowest BCUT2D eigenvalue weighted by atomic mass is 9.88. The maximum Gasteiger partial charge on any atom is 0.343 e. The normalized spacial score (nSPS) is 12.4. The van der Waals surface area contributed by atoms with Gasteiger partial charge in [-0.05, 0) is 36.5 Å². The zero-order chi connectivity index (χ0) is 16.2. The van der Waals surface area contributed by atoms with Crippen LogP contribution in [-0.2, 0) is 6.42 Å². The van der Waals surface area contributed by atoms with E-state index in [2.05, 4.69) is 6.92 Å². The highest BCUT2D eigenvalue weighted by atomic mass is 16.4. The molecule has 0 spiro atoms. The number of fused-ring (bicyclic) bond motifs is 1. The Kier molecular flexibility index (Phi) is 4.47. The summed E-state index contributed by atoms with van der Waals surface area (Å²) >= 11 is 0. The van der Waals surface area contributed by atoms with Crippen molar-refractivity contribution in [3.8, 4) is 5.75 Å². The van der Waals surface area contributed by atoms with E-state index in [1.165, 1.54) is 0 Å². The third kappa shape index (κ3) is 3.14. The van der Waals surface area contributed by atoms with Crippen LogP contribution in [0.3, 0.4) is 0 Å². The van der Waals surface area contributed by atoms with Crippen molar-refractivity contribution in [2.75, 3.05) is 0 Å². The first-order valence-corrected chi connectivity index (χ1v) is 7.99. The first kappa shape index (κ1) is 15.3. The minimum Gasteiger partial charge on any atom is -0.507 e. The van der Waals surface area contributed by atoms with E-state index in [9.17, 15) is 9.90 Å². The van der Waals surface area contributed by atoms with Gasteiger partial charge in [0.05, 0.1) is 10.9 Å². The van der Waals surface area contributed by atoms with Crippen molar-refractivity contribution in [3.63, 3.8) is 0 Å². The van der Waals surface area contributed by atoms with Crippen molar-refractivity contribution in [2.45, 2.75) is 32.1 Å². The van der Waals surface area contributed by atoms with Crippen LogP contribution in [0.15, 0.2) is 63.8 Å². The average Bonchev–Trinajstić information content (AvgIpc) is 2.56. The molecule has 3 nitrogen and oxygen atoms in total. The third-order valence-electron chi connectivity index (χ3n) is 4.19. The Morgan fingerprint density at radius 1 is 1.04 bits per heavy atom. The average molecular weight is 308 g/mol. The predicted molar refractivity (Wildman–Crippen MR) is 91.9 cm³/mol. The van der Waals surface area contributed by atoms with E-state index in [-0.39, 0.29) is 11.7 Å². The van der Waals surface area contributed by atoms with E-state index >= 15 is 0 Å². The largest absolute Gasteiger partial charge is 0.507 e. The second kappa shape index (κ2) is 6.69. The predicted octanol–water partition coefficient (Wildman–Crippen LogP) is 4.63. The molecular weight excluding hydrogens is 288 g/mol. The van der Waals surface area contributed by atoms with Crippen LogP contribution in [0.4, 0.5) is 0 Å². The third-order valence-corrected chi connectivity index (χ3v) is 4.19. The first-order valence-electron chi connectivity index (χ1n) is 7.99. The zero-order valence-electron chi connectivity index (χ0n) is 13.2. The van der Waals surface area contributed by atoms with Crippen molar-refractivity contribution in [1.82, 2.24) is 0 Å². The van der Waals surface area contributed by atoms with Gasteiger partial charge in [-0.15, -0.1) is 0 Å². The van der Waals surface area contributed by atoms with E-state index in [0.717, 1.165) is 18.4 Å². The lowest BCUT2D eigenvalue weighted by Gasteiger charge is -2.17. The number of hydrogen-bond donors (Lipinski definition) is 1. The molecule has 3 heteroatoms. The molecule has 0 saturated carbocycles. The van der Waals surface area contributed by atoms with E-state index < -0.39 is 5.63 Å². The maximum atomic E-state index is 12.4. The van der Waals surface area contributed by atoms with Gasteiger partial charge in [0.15, 0.2) is 0 Å². The Hall–Kier alpha value is -2.55. The van der Waals surface area contributed by atoms with Crippen LogP contribution in [0.1, 0.15) is 36.8 Å². The zero-order valence-corrected chi connectivity index (χ0v) is 13.2. The lowest BCUT2D eigenvalue weighted by molar-refractivity contribution is 0.439. The summed E-state index contributed by atoms with van der Waals surface area (Å²) < 4.78 is 5.42. The Labute approximate surface area is 135 Å². The molecule has 2 aromatic carbocycles. The summed E-state index contributed by atoms with van der Waals surface area (Å²) in [6.07, 6.45) is 2.47. The van der Waals surface area contributed by atoms with Gasteiger partial charge in [-0.2, -0.15) is 0 Å². The molecule has 1 unspecified atom stereocenters. The summed E-state index contributed by atoms with van der Waals surface area (Å²) in [6, 6.07) is 17.1. The first-order chi connectivity index (χ1) is 11.2. The molecule has 118 valence electrons. The molecule has 1 heterocycles. The van der Waals surface area contributed by atoms with Gasteiger partial charge in [0, 0.05) is 0 Å². The van der Waals surface area contributed by atoms with Crippen LogP contribution in [0.2, 0.25) is 0 Å². The molecule has 0 radical (unpaired) electrons. The summed E-state index contributed by atoms with van der Waals surface area (Å²) in [7, 11) is 0. The summed E-state index contributed by atoms with van der Waals surface area (Å²) in [5.41, 5.74) is 1.54. The molecular formula is C20H20O3. The molecule has 0 aliphatic rings. The minimum absolute atomic E-state index is 0.0525. The van der Waals surface area contributed by atoms with Crippen LogP contribution in [-0.4, -0.2) is 5.11 Å². The van der Waals surface area contributed by atoms with Crippen molar-refractivity contribution in [1.29, 1.82) is 0 Å². The molecule has 0 aliphatic carbocycles. The number of benzene rings is 2. The van der Waals surface area contributed by atoms with Gasteiger partial charge < -0.3 is 9.52 Å². The van der Waals surface area contributed by atoms with Crippen LogP contribution < -0.4 is 5.63 Å². The van der Waals surface area contributed by atoms with Crippen molar-refractivity contribution >= 4 is 11.0 Å². The van der Waals surface area contributed by atoms with E-state index in [4.69, 9.17) is 4.42 Å². The van der Waals surface area contributed by atoms with Gasteiger partial charge >= 0.3 is 5.63 Å². The number of hydrogen-bond acceptors (Lipinski definition) is 3. The van der Waals surface area contributed by atoms with Crippen molar-refractivity contribution in [3.05, 3.63) is 76.1 Å². The van der Waals surface area contributed by atoms with Crippen molar-refractivity contribution in [2.24, 2.45) is 0 Å². The number of para-hydroxylation sites is 1. The van der Waals surface area contributed by atoms with E-state index in [0.29, 0.717) is 23.0 Å². The summed E-state index contributed by atoms with van der Waals surface area (Å²) in [5, 5.41) is 11.2. The van der Waals surface area contributed by atoms with Crippen LogP contribution in [0.5, 0.6) is 5.75 Å². The molecule has 0 fully saturated rings. The van der Waals surface area contributed by atoms with Crippen LogP contribution >= 0.6 is 0 Å². The minimum atomic E-state index is -0.435. The highest BCUT2D eigenvalue weighted by Crippen LogP contribution is 2.34. The number of aromatic hydroxyl groups is 1. The number of rotatable bonds is 5. The second-order valence-electron chi connectivity index (χ2n) is 5.82. The van der Waals surface area contributed by atoms with Gasteiger partial charge in [0.25, 0.3) is 0 Å².